The largest absolute Gasteiger partial charge is 0.466 e. The van der Waals surface area contributed by atoms with Crippen molar-refractivity contribution in [1.29, 1.82) is 0 Å². The van der Waals surface area contributed by atoms with Crippen LogP contribution < -0.4 is 10.5 Å². The Morgan fingerprint density at radius 2 is 1.91 bits per heavy atom. The molecule has 0 saturated carbocycles. The van der Waals surface area contributed by atoms with E-state index >= 15 is 0 Å². The van der Waals surface area contributed by atoms with E-state index in [1.54, 1.807) is 38.1 Å². The second kappa shape index (κ2) is 5.94. The van der Waals surface area contributed by atoms with E-state index in [0.717, 1.165) is 5.56 Å². The molecule has 118 valence electrons. The van der Waals surface area contributed by atoms with Crippen molar-refractivity contribution in [3.8, 4) is 0 Å². The van der Waals surface area contributed by atoms with Crippen molar-refractivity contribution >= 4 is 21.6 Å². The SMILES string of the molecule is Cc1oc(C)c(C(=O)Nc2cccc(CS(N)(=O)=O)c2)c1C. The molecule has 0 aliphatic rings. The van der Waals surface area contributed by atoms with Gasteiger partial charge in [-0.25, -0.2) is 13.6 Å². The first-order valence-electron chi connectivity index (χ1n) is 6.65. The molecule has 2 aromatic rings. The van der Waals surface area contributed by atoms with E-state index in [2.05, 4.69) is 5.32 Å². The molecule has 3 N–H and O–H groups in total. The summed E-state index contributed by atoms with van der Waals surface area (Å²) in [6.45, 7) is 5.34. The van der Waals surface area contributed by atoms with Gasteiger partial charge in [-0.1, -0.05) is 12.1 Å². The minimum atomic E-state index is -3.61. The van der Waals surface area contributed by atoms with Gasteiger partial charge < -0.3 is 9.73 Å². The molecule has 1 amide bonds. The number of carbonyl (C=O) groups excluding carboxylic acids is 1. The van der Waals surface area contributed by atoms with Gasteiger partial charge in [0.15, 0.2) is 0 Å². The fourth-order valence-electron chi connectivity index (χ4n) is 2.29. The third-order valence-corrected chi connectivity index (χ3v) is 4.08. The molecular formula is C15H18N2O4S. The quantitative estimate of drug-likeness (QED) is 0.901. The third kappa shape index (κ3) is 3.75. The van der Waals surface area contributed by atoms with Gasteiger partial charge >= 0.3 is 0 Å². The van der Waals surface area contributed by atoms with Gasteiger partial charge in [-0.05, 0) is 38.5 Å². The lowest BCUT2D eigenvalue weighted by molar-refractivity contribution is 0.102. The van der Waals surface area contributed by atoms with Gasteiger partial charge in [0, 0.05) is 11.3 Å². The van der Waals surface area contributed by atoms with Crippen molar-refractivity contribution in [3.05, 3.63) is 52.5 Å². The number of sulfonamides is 1. The molecule has 22 heavy (non-hydrogen) atoms. The van der Waals surface area contributed by atoms with Crippen LogP contribution in [0.1, 0.15) is 33.0 Å². The smallest absolute Gasteiger partial charge is 0.259 e. The van der Waals surface area contributed by atoms with Crippen molar-refractivity contribution in [3.63, 3.8) is 0 Å². The number of anilines is 1. The predicted molar refractivity (Wildman–Crippen MR) is 84.1 cm³/mol. The molecule has 0 aliphatic heterocycles. The molecule has 0 bridgehead atoms. The Kier molecular flexibility index (Phi) is 4.39. The molecule has 1 aromatic heterocycles. The number of primary sulfonamides is 1. The van der Waals surface area contributed by atoms with Gasteiger partial charge in [-0.2, -0.15) is 0 Å². The van der Waals surface area contributed by atoms with Gasteiger partial charge in [0.25, 0.3) is 5.91 Å². The van der Waals surface area contributed by atoms with Crippen LogP contribution in [0.25, 0.3) is 0 Å². The number of nitrogens with one attached hydrogen (secondary N) is 1. The van der Waals surface area contributed by atoms with Crippen LogP contribution in [-0.4, -0.2) is 14.3 Å². The first-order chi connectivity index (χ1) is 10.2. The van der Waals surface area contributed by atoms with Crippen LogP contribution in [0.5, 0.6) is 0 Å². The van der Waals surface area contributed by atoms with E-state index in [-0.39, 0.29) is 11.7 Å². The minimum absolute atomic E-state index is 0.278. The fourth-order valence-corrected chi connectivity index (χ4v) is 2.94. The number of nitrogens with two attached hydrogens (primary N) is 1. The zero-order chi connectivity index (χ0) is 16.5. The Morgan fingerprint density at radius 1 is 1.23 bits per heavy atom. The summed E-state index contributed by atoms with van der Waals surface area (Å²) in [7, 11) is -3.61. The highest BCUT2D eigenvalue weighted by Crippen LogP contribution is 2.22. The number of rotatable bonds is 4. The maximum atomic E-state index is 12.4. The van der Waals surface area contributed by atoms with Crippen molar-refractivity contribution in [2.24, 2.45) is 5.14 Å². The highest BCUT2D eigenvalue weighted by atomic mass is 32.2. The molecule has 0 aliphatic carbocycles. The lowest BCUT2D eigenvalue weighted by Crippen LogP contribution is -2.16. The Bertz CT molecular complexity index is 822. The second-order valence-electron chi connectivity index (χ2n) is 5.18. The molecule has 0 spiro atoms. The Hall–Kier alpha value is -2.12. The fraction of sp³-hybridized carbons (Fsp3) is 0.267. The summed E-state index contributed by atoms with van der Waals surface area (Å²) >= 11 is 0. The third-order valence-electron chi connectivity index (χ3n) is 3.34. The van der Waals surface area contributed by atoms with Crippen LogP contribution in [0.4, 0.5) is 5.69 Å². The monoisotopic (exact) mass is 322 g/mol. The maximum absolute atomic E-state index is 12.4. The first kappa shape index (κ1) is 16.3. The van der Waals surface area contributed by atoms with Gasteiger partial charge in [-0.15, -0.1) is 0 Å². The number of amides is 1. The lowest BCUT2D eigenvalue weighted by atomic mass is 10.1. The molecule has 0 atom stereocenters. The van der Waals surface area contributed by atoms with E-state index in [1.165, 1.54) is 0 Å². The lowest BCUT2D eigenvalue weighted by Gasteiger charge is -2.07. The molecule has 0 fully saturated rings. The number of aryl methyl sites for hydroxylation is 2. The van der Waals surface area contributed by atoms with Gasteiger partial charge in [0.1, 0.15) is 11.5 Å². The van der Waals surface area contributed by atoms with E-state index in [1.807, 2.05) is 6.92 Å². The molecule has 6 nitrogen and oxygen atoms in total. The van der Waals surface area contributed by atoms with Crippen LogP contribution in [-0.2, 0) is 15.8 Å². The van der Waals surface area contributed by atoms with E-state index in [0.29, 0.717) is 28.3 Å². The van der Waals surface area contributed by atoms with Gasteiger partial charge in [-0.3, -0.25) is 4.79 Å². The molecule has 0 unspecified atom stereocenters. The topological polar surface area (TPSA) is 102 Å². The molecular weight excluding hydrogens is 304 g/mol. The zero-order valence-electron chi connectivity index (χ0n) is 12.6. The summed E-state index contributed by atoms with van der Waals surface area (Å²) in [6, 6.07) is 6.57. The van der Waals surface area contributed by atoms with Crippen LogP contribution >= 0.6 is 0 Å². The normalized spacial score (nSPS) is 11.5. The molecule has 0 saturated heterocycles. The molecule has 1 heterocycles. The maximum Gasteiger partial charge on any atom is 0.259 e. The zero-order valence-corrected chi connectivity index (χ0v) is 13.5. The van der Waals surface area contributed by atoms with Crippen molar-refractivity contribution in [2.45, 2.75) is 26.5 Å². The van der Waals surface area contributed by atoms with Crippen LogP contribution in [0.3, 0.4) is 0 Å². The van der Waals surface area contributed by atoms with Crippen LogP contribution in [0.2, 0.25) is 0 Å². The Balaban J connectivity index is 2.24. The number of carbonyl (C=O) groups is 1. The van der Waals surface area contributed by atoms with E-state index < -0.39 is 10.0 Å². The van der Waals surface area contributed by atoms with Crippen molar-refractivity contribution < 1.29 is 17.6 Å². The number of benzene rings is 1. The van der Waals surface area contributed by atoms with Gasteiger partial charge in [0.05, 0.1) is 11.3 Å². The number of hydrogen-bond acceptors (Lipinski definition) is 4. The summed E-state index contributed by atoms with van der Waals surface area (Å²) in [5.74, 6) is 0.679. The molecule has 2 rings (SSSR count). The van der Waals surface area contributed by atoms with Crippen molar-refractivity contribution in [1.82, 2.24) is 0 Å². The standard InChI is InChI=1S/C15H18N2O4S/c1-9-10(2)21-11(3)14(9)15(18)17-13-6-4-5-12(7-13)8-22(16,19)20/h4-7H,8H2,1-3H3,(H,17,18)(H2,16,19,20). The molecule has 7 heteroatoms. The average molecular weight is 322 g/mol. The summed E-state index contributed by atoms with van der Waals surface area (Å²) < 4.78 is 27.7. The average Bonchev–Trinajstić information content (AvgIpc) is 2.61. The highest BCUT2D eigenvalue weighted by Gasteiger charge is 2.18. The van der Waals surface area contributed by atoms with Crippen molar-refractivity contribution in [2.75, 3.05) is 5.32 Å². The summed E-state index contributed by atoms with van der Waals surface area (Å²) in [6.07, 6.45) is 0. The summed E-state index contributed by atoms with van der Waals surface area (Å²) in [5.41, 5.74) is 2.30. The molecule has 1 aromatic carbocycles. The highest BCUT2D eigenvalue weighted by molar-refractivity contribution is 7.88. The summed E-state index contributed by atoms with van der Waals surface area (Å²) in [5, 5.41) is 7.77. The van der Waals surface area contributed by atoms with E-state index in [4.69, 9.17) is 9.56 Å². The Morgan fingerprint density at radius 3 is 2.45 bits per heavy atom. The van der Waals surface area contributed by atoms with E-state index in [9.17, 15) is 13.2 Å². The summed E-state index contributed by atoms with van der Waals surface area (Å²) in [4.78, 5) is 12.4. The van der Waals surface area contributed by atoms with Crippen LogP contribution in [0.15, 0.2) is 28.7 Å². The van der Waals surface area contributed by atoms with Crippen LogP contribution in [0, 0.1) is 20.8 Å². The predicted octanol–water partition coefficient (Wildman–Crippen LogP) is 2.25. The first-order valence-corrected chi connectivity index (χ1v) is 8.36. The number of hydrogen-bond donors (Lipinski definition) is 2. The minimum Gasteiger partial charge on any atom is -0.466 e. The Labute approximate surface area is 129 Å². The second-order valence-corrected chi connectivity index (χ2v) is 6.79. The number of furan rings is 1. The van der Waals surface area contributed by atoms with Gasteiger partial charge in [0.2, 0.25) is 10.0 Å². The molecule has 0 radical (unpaired) electrons.